The number of thiazole rings is 1. The lowest BCUT2D eigenvalue weighted by molar-refractivity contribution is -0.137. The summed E-state index contributed by atoms with van der Waals surface area (Å²) < 4.78 is 82.0. The van der Waals surface area contributed by atoms with Crippen LogP contribution in [0.5, 0.6) is 6.01 Å². The number of aromatic nitrogens is 3. The Hall–Kier alpha value is -3.89. The first-order valence-corrected chi connectivity index (χ1v) is 16.3. The molecule has 0 spiro atoms. The highest BCUT2D eigenvalue weighted by Crippen LogP contribution is 2.46. The maximum Gasteiger partial charge on any atom is 0.417 e. The summed E-state index contributed by atoms with van der Waals surface area (Å²) in [6, 6.07) is 2.34. The number of nitrogens with two attached hydrogens (primary N) is 2. The molecule has 4 aromatic rings. The Morgan fingerprint density at radius 1 is 1.13 bits per heavy atom. The highest BCUT2D eigenvalue weighted by molar-refractivity contribution is 7.22. The number of hydrogen-bond donors (Lipinski definition) is 2. The van der Waals surface area contributed by atoms with Gasteiger partial charge >= 0.3 is 12.2 Å². The number of fused-ring (bicyclic) bond motifs is 3. The number of halogens is 5. The molecule has 4 N–H and O–H groups in total. The summed E-state index contributed by atoms with van der Waals surface area (Å²) in [4.78, 5) is 30.9. The van der Waals surface area contributed by atoms with Crippen molar-refractivity contribution in [3.8, 4) is 17.1 Å². The zero-order valence-electron chi connectivity index (χ0n) is 25.5. The number of alkyl halides is 3. The fourth-order valence-corrected chi connectivity index (χ4v) is 8.22. The number of nitrogen functional groups attached to an aromatic ring is 1. The van der Waals surface area contributed by atoms with Crippen LogP contribution in [0, 0.1) is 11.6 Å². The molecule has 47 heavy (non-hydrogen) atoms. The predicted octanol–water partition coefficient (Wildman–Crippen LogP) is 4.79. The van der Waals surface area contributed by atoms with Crippen molar-refractivity contribution in [1.82, 2.24) is 24.8 Å². The van der Waals surface area contributed by atoms with Gasteiger partial charge in [0.15, 0.2) is 10.9 Å². The van der Waals surface area contributed by atoms with Crippen LogP contribution in [0.3, 0.4) is 0 Å². The summed E-state index contributed by atoms with van der Waals surface area (Å²) in [6.07, 6.45) is -0.658. The zero-order chi connectivity index (χ0) is 33.2. The number of carbonyl (C=O) groups excluding carboxylic acids is 1. The molecule has 3 aliphatic rings. The lowest BCUT2D eigenvalue weighted by Gasteiger charge is -2.32. The number of ether oxygens (including phenoxy) is 1. The molecule has 2 aromatic carbocycles. The van der Waals surface area contributed by atoms with Crippen LogP contribution in [0.4, 0.5) is 32.9 Å². The van der Waals surface area contributed by atoms with Crippen molar-refractivity contribution in [1.29, 1.82) is 0 Å². The van der Waals surface area contributed by atoms with Gasteiger partial charge in [0.1, 0.15) is 23.8 Å². The molecule has 0 bridgehead atoms. The first-order valence-electron chi connectivity index (χ1n) is 15.4. The number of anilines is 2. The minimum Gasteiger partial charge on any atom is -0.461 e. The Kier molecular flexibility index (Phi) is 7.87. The van der Waals surface area contributed by atoms with Crippen LogP contribution in [0.1, 0.15) is 37.7 Å². The van der Waals surface area contributed by atoms with Crippen LogP contribution in [0.15, 0.2) is 18.2 Å². The Labute approximate surface area is 270 Å². The smallest absolute Gasteiger partial charge is 0.417 e. The van der Waals surface area contributed by atoms with Gasteiger partial charge in [-0.25, -0.2) is 13.8 Å². The van der Waals surface area contributed by atoms with E-state index in [9.17, 15) is 22.4 Å². The number of benzene rings is 2. The van der Waals surface area contributed by atoms with Crippen molar-refractivity contribution in [3.63, 3.8) is 0 Å². The number of likely N-dealkylation sites (N-methyl/N-ethyl adjacent to an activating group) is 1. The van der Waals surface area contributed by atoms with Gasteiger partial charge in [0.05, 0.1) is 27.9 Å². The van der Waals surface area contributed by atoms with Crippen molar-refractivity contribution >= 4 is 49.3 Å². The monoisotopic (exact) mass is 676 g/mol. The van der Waals surface area contributed by atoms with E-state index in [2.05, 4.69) is 19.9 Å². The molecule has 7 rings (SSSR count). The molecule has 16 heteroatoms. The standard InChI is InChI=1S/C31H33F5N8O2S/c1-42(16-6-11-43(14-16)21(45)13-37)27-18-12-19(31(34,35)36)22(17-4-5-20(32)26-25(17)39-28(38)47-26)23(33)24(18)40-29(41-27)46-15-30-7-2-9-44(30)10-3-8-30/h4-5,12,16H,2-3,6-11,13-15,37H2,1H3,(H2,38,39)/t16-/m1/s1. The van der Waals surface area contributed by atoms with Gasteiger partial charge in [-0.1, -0.05) is 11.3 Å². The molecule has 0 saturated carbocycles. The fraction of sp³-hybridized carbons (Fsp3) is 0.484. The van der Waals surface area contributed by atoms with E-state index in [1.54, 1.807) is 16.8 Å². The van der Waals surface area contributed by atoms with E-state index in [1.807, 2.05) is 0 Å². The SMILES string of the molecule is CN(c1nc(OCC23CCCN2CCC3)nc2c(F)c(-c3ccc(F)c4sc(N)nc34)c(C(F)(F)F)cc12)[C@@H]1CCN(C(=O)CN)C1. The van der Waals surface area contributed by atoms with E-state index < -0.39 is 28.9 Å². The average Bonchev–Trinajstić information content (AvgIpc) is 3.83. The number of nitrogens with zero attached hydrogens (tertiary/aromatic N) is 6. The Bertz CT molecular complexity index is 1870. The summed E-state index contributed by atoms with van der Waals surface area (Å²) in [5.74, 6) is -2.23. The van der Waals surface area contributed by atoms with E-state index in [0.29, 0.717) is 13.0 Å². The van der Waals surface area contributed by atoms with Crippen LogP contribution in [0.25, 0.3) is 32.2 Å². The number of amides is 1. The van der Waals surface area contributed by atoms with Crippen LogP contribution in [-0.2, 0) is 11.0 Å². The topological polar surface area (TPSA) is 127 Å². The molecule has 2 aromatic heterocycles. The molecule has 0 radical (unpaired) electrons. The number of rotatable bonds is 7. The molecule has 5 heterocycles. The summed E-state index contributed by atoms with van der Waals surface area (Å²) >= 11 is 0.759. The number of carbonyl (C=O) groups is 1. The van der Waals surface area contributed by atoms with Gasteiger partial charge in [0, 0.05) is 42.7 Å². The Balaban J connectivity index is 1.41. The second kappa shape index (κ2) is 11.7. The van der Waals surface area contributed by atoms with Crippen molar-refractivity contribution < 1.29 is 31.5 Å². The predicted molar refractivity (Wildman–Crippen MR) is 168 cm³/mol. The van der Waals surface area contributed by atoms with Gasteiger partial charge in [-0.15, -0.1) is 0 Å². The van der Waals surface area contributed by atoms with Crippen molar-refractivity contribution in [2.24, 2.45) is 5.73 Å². The minimum absolute atomic E-state index is 0.0300. The first-order chi connectivity index (χ1) is 22.4. The number of hydrogen-bond acceptors (Lipinski definition) is 10. The van der Waals surface area contributed by atoms with Gasteiger partial charge in [-0.05, 0) is 63.4 Å². The normalized spacial score (nSPS) is 19.6. The number of likely N-dealkylation sites (tertiary alicyclic amines) is 1. The molecule has 10 nitrogen and oxygen atoms in total. The van der Waals surface area contributed by atoms with Gasteiger partial charge in [-0.2, -0.15) is 23.1 Å². The maximum absolute atomic E-state index is 16.9. The minimum atomic E-state index is -5.02. The van der Waals surface area contributed by atoms with E-state index in [-0.39, 0.29) is 80.8 Å². The van der Waals surface area contributed by atoms with Crippen molar-refractivity contribution in [2.75, 3.05) is 57.0 Å². The quantitative estimate of drug-likeness (QED) is 0.266. The van der Waals surface area contributed by atoms with Crippen molar-refractivity contribution in [3.05, 3.63) is 35.4 Å². The molecule has 0 aliphatic carbocycles. The zero-order valence-corrected chi connectivity index (χ0v) is 26.4. The Morgan fingerprint density at radius 2 is 1.87 bits per heavy atom. The van der Waals surface area contributed by atoms with Gasteiger partial charge < -0.3 is 26.0 Å². The third-order valence-electron chi connectivity index (χ3n) is 9.83. The lowest BCUT2D eigenvalue weighted by Crippen LogP contribution is -2.43. The molecule has 3 saturated heterocycles. The molecule has 1 amide bonds. The van der Waals surface area contributed by atoms with E-state index in [4.69, 9.17) is 16.2 Å². The molecular formula is C31H33F5N8O2S. The maximum atomic E-state index is 16.9. The molecular weight excluding hydrogens is 643 g/mol. The van der Waals surface area contributed by atoms with Gasteiger partial charge in [0.25, 0.3) is 0 Å². The molecule has 1 atom stereocenters. The molecule has 0 unspecified atom stereocenters. The summed E-state index contributed by atoms with van der Waals surface area (Å²) in [5.41, 5.74) is 8.19. The largest absolute Gasteiger partial charge is 0.461 e. The van der Waals surface area contributed by atoms with Crippen LogP contribution >= 0.6 is 11.3 Å². The fourth-order valence-electron chi connectivity index (χ4n) is 7.45. The van der Waals surface area contributed by atoms with Crippen LogP contribution in [-0.4, -0.2) is 88.6 Å². The second-order valence-corrected chi connectivity index (χ2v) is 13.5. The molecule has 3 fully saturated rings. The van der Waals surface area contributed by atoms with Crippen molar-refractivity contribution in [2.45, 2.75) is 49.9 Å². The first kappa shape index (κ1) is 31.7. The second-order valence-electron chi connectivity index (χ2n) is 12.5. The molecule has 3 aliphatic heterocycles. The van der Waals surface area contributed by atoms with Gasteiger partial charge in [0.2, 0.25) is 5.91 Å². The average molecular weight is 677 g/mol. The molecule has 250 valence electrons. The third-order valence-corrected chi connectivity index (χ3v) is 10.7. The highest BCUT2D eigenvalue weighted by atomic mass is 32.1. The third kappa shape index (κ3) is 5.39. The van der Waals surface area contributed by atoms with E-state index >= 15 is 4.39 Å². The summed E-state index contributed by atoms with van der Waals surface area (Å²) in [7, 11) is 1.64. The summed E-state index contributed by atoms with van der Waals surface area (Å²) in [5, 5.41) is -0.260. The highest BCUT2D eigenvalue weighted by Gasteiger charge is 2.45. The van der Waals surface area contributed by atoms with Crippen LogP contribution < -0.4 is 21.1 Å². The lowest BCUT2D eigenvalue weighted by atomic mass is 9.95. The summed E-state index contributed by atoms with van der Waals surface area (Å²) in [6.45, 7) is 2.63. The van der Waals surface area contributed by atoms with E-state index in [0.717, 1.165) is 68.3 Å². The van der Waals surface area contributed by atoms with E-state index in [1.165, 1.54) is 0 Å². The van der Waals surface area contributed by atoms with Gasteiger partial charge in [-0.3, -0.25) is 9.69 Å². The Morgan fingerprint density at radius 3 is 2.57 bits per heavy atom. The van der Waals surface area contributed by atoms with Crippen LogP contribution in [0.2, 0.25) is 0 Å².